The van der Waals surface area contributed by atoms with Gasteiger partial charge < -0.3 is 4.90 Å². The van der Waals surface area contributed by atoms with Gasteiger partial charge in [-0.15, -0.1) is 11.3 Å². The predicted octanol–water partition coefficient (Wildman–Crippen LogP) is 0.117. The van der Waals surface area contributed by atoms with Crippen LogP contribution in [0.25, 0.3) is 0 Å². The normalized spacial score (nSPS) is 20.6. The first kappa shape index (κ1) is 14.9. The molecule has 110 valence electrons. The molecule has 0 aliphatic carbocycles. The summed E-state index contributed by atoms with van der Waals surface area (Å²) in [5.41, 5.74) is 0. The number of likely N-dealkylation sites (N-methyl/N-ethyl adjacent to an activating group) is 1. The summed E-state index contributed by atoms with van der Waals surface area (Å²) in [5.74, 6) is -1.51. The summed E-state index contributed by atoms with van der Waals surface area (Å²) < 4.78 is 22.9. The van der Waals surface area contributed by atoms with Crippen molar-refractivity contribution in [3.63, 3.8) is 0 Å². The summed E-state index contributed by atoms with van der Waals surface area (Å²) in [6, 6.07) is -0.417. The van der Waals surface area contributed by atoms with Crippen molar-refractivity contribution in [1.29, 1.82) is 0 Å². The first-order valence-electron chi connectivity index (χ1n) is 6.15. The van der Waals surface area contributed by atoms with Gasteiger partial charge >= 0.3 is 11.8 Å². The number of amides is 2. The average molecular weight is 317 g/mol. The fourth-order valence-corrected chi connectivity index (χ4v) is 4.41. The van der Waals surface area contributed by atoms with Crippen LogP contribution in [-0.4, -0.2) is 54.2 Å². The lowest BCUT2D eigenvalue weighted by atomic mass is 10.2. The quantitative estimate of drug-likeness (QED) is 0.799. The minimum Gasteiger partial charge on any atom is -0.331 e. The highest BCUT2D eigenvalue weighted by atomic mass is 32.2. The largest absolute Gasteiger partial charge is 0.331 e. The van der Waals surface area contributed by atoms with Crippen LogP contribution in [0.4, 0.5) is 5.13 Å². The van der Waals surface area contributed by atoms with E-state index in [1.807, 2.05) is 0 Å². The third-order valence-electron chi connectivity index (χ3n) is 3.10. The highest BCUT2D eigenvalue weighted by Gasteiger charge is 2.36. The Hall–Kier alpha value is -1.48. The van der Waals surface area contributed by atoms with Crippen LogP contribution in [0.3, 0.4) is 0 Å². The lowest BCUT2D eigenvalue weighted by molar-refractivity contribution is -0.144. The van der Waals surface area contributed by atoms with Gasteiger partial charge in [0.2, 0.25) is 0 Å². The minimum absolute atomic E-state index is 0.0650. The van der Waals surface area contributed by atoms with E-state index in [9.17, 15) is 18.0 Å². The second kappa shape index (κ2) is 5.88. The number of hydrogen-bond donors (Lipinski definition) is 1. The first-order chi connectivity index (χ1) is 9.43. The van der Waals surface area contributed by atoms with Gasteiger partial charge in [-0.05, 0) is 13.3 Å². The number of rotatable bonds is 3. The monoisotopic (exact) mass is 317 g/mol. The Morgan fingerprint density at radius 1 is 1.55 bits per heavy atom. The molecule has 0 spiro atoms. The maximum absolute atomic E-state index is 12.1. The fourth-order valence-electron chi connectivity index (χ4n) is 2.16. The van der Waals surface area contributed by atoms with Crippen LogP contribution in [0.1, 0.15) is 13.3 Å². The summed E-state index contributed by atoms with van der Waals surface area (Å²) >= 11 is 1.21. The molecule has 1 N–H and O–H groups in total. The number of carbonyl (C=O) groups excluding carboxylic acids is 2. The van der Waals surface area contributed by atoms with Crippen molar-refractivity contribution in [2.24, 2.45) is 0 Å². The van der Waals surface area contributed by atoms with E-state index in [0.717, 1.165) is 0 Å². The number of nitrogens with zero attached hydrogens (tertiary/aromatic N) is 2. The van der Waals surface area contributed by atoms with E-state index >= 15 is 0 Å². The van der Waals surface area contributed by atoms with Crippen LogP contribution in [0.2, 0.25) is 0 Å². The number of sulfone groups is 1. The van der Waals surface area contributed by atoms with Crippen LogP contribution in [0, 0.1) is 0 Å². The van der Waals surface area contributed by atoms with E-state index in [2.05, 4.69) is 10.3 Å². The van der Waals surface area contributed by atoms with Crippen molar-refractivity contribution in [1.82, 2.24) is 9.88 Å². The van der Waals surface area contributed by atoms with E-state index in [4.69, 9.17) is 0 Å². The zero-order chi connectivity index (χ0) is 14.8. The smallest absolute Gasteiger partial charge is 0.315 e. The van der Waals surface area contributed by atoms with Gasteiger partial charge in [0.15, 0.2) is 15.0 Å². The number of hydrogen-bond acceptors (Lipinski definition) is 6. The lowest BCUT2D eigenvalue weighted by Crippen LogP contribution is -2.46. The van der Waals surface area contributed by atoms with Gasteiger partial charge in [0.25, 0.3) is 0 Å². The van der Waals surface area contributed by atoms with E-state index in [-0.39, 0.29) is 11.5 Å². The fraction of sp³-hybridized carbons (Fsp3) is 0.545. The molecule has 2 heterocycles. The Morgan fingerprint density at radius 3 is 2.80 bits per heavy atom. The topological polar surface area (TPSA) is 96.4 Å². The van der Waals surface area contributed by atoms with Crippen molar-refractivity contribution in [2.45, 2.75) is 19.4 Å². The molecule has 7 nitrogen and oxygen atoms in total. The molecule has 0 radical (unpaired) electrons. The number of nitrogens with one attached hydrogen (secondary N) is 1. The molecule has 1 atom stereocenters. The highest BCUT2D eigenvalue weighted by Crippen LogP contribution is 2.18. The molecule has 0 aromatic carbocycles. The lowest BCUT2D eigenvalue weighted by Gasteiger charge is -2.25. The molecule has 1 saturated heterocycles. The molecular weight excluding hydrogens is 302 g/mol. The molecule has 1 aromatic rings. The predicted molar refractivity (Wildman–Crippen MR) is 75.2 cm³/mol. The van der Waals surface area contributed by atoms with E-state index in [1.165, 1.54) is 22.4 Å². The zero-order valence-corrected chi connectivity index (χ0v) is 12.5. The van der Waals surface area contributed by atoms with Crippen LogP contribution in [0.15, 0.2) is 11.6 Å². The van der Waals surface area contributed by atoms with Gasteiger partial charge in [0.05, 0.1) is 11.5 Å². The summed E-state index contributed by atoms with van der Waals surface area (Å²) in [6.07, 6.45) is 1.90. The molecular formula is C11H15N3O4S2. The molecule has 20 heavy (non-hydrogen) atoms. The number of anilines is 1. The molecule has 0 saturated carbocycles. The molecule has 1 fully saturated rings. The van der Waals surface area contributed by atoms with Gasteiger partial charge in [-0.1, -0.05) is 0 Å². The van der Waals surface area contributed by atoms with Crippen molar-refractivity contribution < 1.29 is 18.0 Å². The average Bonchev–Trinajstić information content (AvgIpc) is 3.00. The minimum atomic E-state index is -3.10. The molecule has 1 aliphatic heterocycles. The second-order valence-electron chi connectivity index (χ2n) is 4.44. The number of aromatic nitrogens is 1. The molecule has 1 unspecified atom stereocenters. The Labute approximate surface area is 120 Å². The number of thiazole rings is 1. The molecule has 1 aromatic heterocycles. The summed E-state index contributed by atoms with van der Waals surface area (Å²) in [5, 5.41) is 4.44. The summed E-state index contributed by atoms with van der Waals surface area (Å²) in [4.78, 5) is 29.1. The Kier molecular flexibility index (Phi) is 4.39. The Balaban J connectivity index is 2.04. The summed E-state index contributed by atoms with van der Waals surface area (Å²) in [6.45, 7) is 2.02. The maximum Gasteiger partial charge on any atom is 0.315 e. The van der Waals surface area contributed by atoms with Gasteiger partial charge in [0.1, 0.15) is 0 Å². The summed E-state index contributed by atoms with van der Waals surface area (Å²) in [7, 11) is -3.10. The standard InChI is InChI=1S/C11H15N3O4S2/c1-2-14(8-3-6-20(17,18)7-8)10(16)9(15)13-11-12-4-5-19-11/h4-5,8H,2-3,6-7H2,1H3,(H,12,13,15). The van der Waals surface area contributed by atoms with Crippen molar-refractivity contribution >= 4 is 38.1 Å². The molecule has 0 bridgehead atoms. The van der Waals surface area contributed by atoms with Crippen LogP contribution >= 0.6 is 11.3 Å². The molecule has 2 rings (SSSR count). The van der Waals surface area contributed by atoms with Crippen molar-refractivity contribution in [2.75, 3.05) is 23.4 Å². The Bertz CT molecular complexity index is 597. The third kappa shape index (κ3) is 3.34. The zero-order valence-electron chi connectivity index (χ0n) is 10.9. The molecule has 9 heteroatoms. The molecule has 1 aliphatic rings. The molecule has 2 amide bonds. The SMILES string of the molecule is CCN(C(=O)C(=O)Nc1nccs1)C1CCS(=O)(=O)C1. The van der Waals surface area contributed by atoms with Crippen molar-refractivity contribution in [3.05, 3.63) is 11.6 Å². The van der Waals surface area contributed by atoms with Gasteiger partial charge in [-0.25, -0.2) is 13.4 Å². The van der Waals surface area contributed by atoms with Crippen molar-refractivity contribution in [3.8, 4) is 0 Å². The third-order valence-corrected chi connectivity index (χ3v) is 5.54. The second-order valence-corrected chi connectivity index (χ2v) is 7.56. The van der Waals surface area contributed by atoms with Gasteiger partial charge in [-0.2, -0.15) is 0 Å². The Morgan fingerprint density at radius 2 is 2.30 bits per heavy atom. The van der Waals surface area contributed by atoms with Gasteiger partial charge in [-0.3, -0.25) is 14.9 Å². The van der Waals surface area contributed by atoms with Crippen LogP contribution in [-0.2, 0) is 19.4 Å². The van der Waals surface area contributed by atoms with E-state index in [0.29, 0.717) is 18.1 Å². The maximum atomic E-state index is 12.1. The van der Waals surface area contributed by atoms with Crippen LogP contribution in [0.5, 0.6) is 0 Å². The van der Waals surface area contributed by atoms with E-state index in [1.54, 1.807) is 12.3 Å². The van der Waals surface area contributed by atoms with Gasteiger partial charge in [0, 0.05) is 24.2 Å². The number of carbonyl (C=O) groups is 2. The highest BCUT2D eigenvalue weighted by molar-refractivity contribution is 7.91. The first-order valence-corrected chi connectivity index (χ1v) is 8.85. The van der Waals surface area contributed by atoms with E-state index < -0.39 is 27.7 Å². The van der Waals surface area contributed by atoms with Crippen LogP contribution < -0.4 is 5.32 Å².